The minimum atomic E-state index is -0.308. The molecule has 1 aromatic carbocycles. The summed E-state index contributed by atoms with van der Waals surface area (Å²) in [5.41, 5.74) is 1.65. The molecule has 2 aromatic rings. The molecule has 130 valence electrons. The molecule has 2 fully saturated rings. The van der Waals surface area contributed by atoms with Gasteiger partial charge in [-0.25, -0.2) is 0 Å². The molecule has 7 nitrogen and oxygen atoms in total. The first-order chi connectivity index (χ1) is 12.2. The molecule has 25 heavy (non-hydrogen) atoms. The van der Waals surface area contributed by atoms with Gasteiger partial charge in [0.15, 0.2) is 5.69 Å². The molecule has 1 saturated heterocycles. The van der Waals surface area contributed by atoms with E-state index in [0.29, 0.717) is 37.3 Å². The minimum absolute atomic E-state index is 0.171. The summed E-state index contributed by atoms with van der Waals surface area (Å²) in [4.78, 5) is 24.6. The molecule has 4 rings (SSSR count). The number of nitrogens with one attached hydrogen (secondary N) is 2. The second-order valence-corrected chi connectivity index (χ2v) is 6.50. The maximum atomic E-state index is 12.7. The molecule has 2 aliphatic rings. The molecular weight excluding hydrogens is 320 g/mol. The molecule has 2 N–H and O–H groups in total. The highest BCUT2D eigenvalue weighted by atomic mass is 16.5. The van der Waals surface area contributed by atoms with E-state index in [1.807, 2.05) is 30.3 Å². The first-order valence-corrected chi connectivity index (χ1v) is 8.40. The number of ether oxygens (including phenoxy) is 1. The second-order valence-electron chi connectivity index (χ2n) is 6.50. The van der Waals surface area contributed by atoms with Crippen LogP contribution in [0.15, 0.2) is 36.4 Å². The van der Waals surface area contributed by atoms with Crippen LogP contribution in [-0.2, 0) is 11.3 Å². The summed E-state index contributed by atoms with van der Waals surface area (Å²) in [6.45, 7) is 1.85. The highest BCUT2D eigenvalue weighted by Crippen LogP contribution is 2.44. The van der Waals surface area contributed by atoms with Crippen molar-refractivity contribution in [1.82, 2.24) is 20.4 Å². The van der Waals surface area contributed by atoms with E-state index in [1.165, 1.54) is 0 Å². The summed E-state index contributed by atoms with van der Waals surface area (Å²) in [6.07, 6.45) is 0. The number of benzene rings is 1. The van der Waals surface area contributed by atoms with Crippen LogP contribution < -0.4 is 10.6 Å². The van der Waals surface area contributed by atoms with Crippen LogP contribution in [0.1, 0.15) is 26.5 Å². The summed E-state index contributed by atoms with van der Waals surface area (Å²) in [5, 5.41) is 9.92. The average molecular weight is 340 g/mol. The van der Waals surface area contributed by atoms with Gasteiger partial charge in [0.05, 0.1) is 19.8 Å². The molecule has 0 radical (unpaired) electrons. The fourth-order valence-corrected chi connectivity index (χ4v) is 3.39. The highest BCUT2D eigenvalue weighted by Gasteiger charge is 2.54. The fourth-order valence-electron chi connectivity index (χ4n) is 3.39. The number of hydrogen-bond acceptors (Lipinski definition) is 4. The summed E-state index contributed by atoms with van der Waals surface area (Å²) >= 11 is 0. The van der Waals surface area contributed by atoms with Gasteiger partial charge in [0, 0.05) is 31.0 Å². The molecule has 1 aliphatic heterocycles. The number of rotatable bonds is 5. The summed E-state index contributed by atoms with van der Waals surface area (Å²) in [5.74, 6) is 0.344. The lowest BCUT2D eigenvalue weighted by molar-refractivity contribution is 0.0917. The first kappa shape index (κ1) is 15.8. The zero-order valence-electron chi connectivity index (χ0n) is 13.9. The smallest absolute Gasteiger partial charge is 0.271 e. The van der Waals surface area contributed by atoms with Crippen molar-refractivity contribution in [1.29, 1.82) is 0 Å². The van der Waals surface area contributed by atoms with Crippen molar-refractivity contribution in [2.24, 2.45) is 11.8 Å². The second kappa shape index (κ2) is 6.33. The molecule has 0 spiro atoms. The molecular formula is C18H20N4O3. The van der Waals surface area contributed by atoms with Crippen LogP contribution in [0.25, 0.3) is 0 Å². The van der Waals surface area contributed by atoms with Gasteiger partial charge >= 0.3 is 0 Å². The van der Waals surface area contributed by atoms with Crippen LogP contribution in [-0.4, -0.2) is 47.9 Å². The minimum Gasteiger partial charge on any atom is -0.381 e. The lowest BCUT2D eigenvalue weighted by Crippen LogP contribution is -2.31. The Hall–Kier alpha value is -2.67. The van der Waals surface area contributed by atoms with Crippen LogP contribution in [0.2, 0.25) is 0 Å². The third kappa shape index (κ3) is 3.02. The Morgan fingerprint density at radius 1 is 1.20 bits per heavy atom. The van der Waals surface area contributed by atoms with E-state index in [4.69, 9.17) is 4.74 Å². The number of nitrogens with zero attached hydrogens (tertiary/aromatic N) is 2. The Morgan fingerprint density at radius 3 is 2.60 bits per heavy atom. The van der Waals surface area contributed by atoms with Gasteiger partial charge in [0.1, 0.15) is 5.69 Å². The van der Waals surface area contributed by atoms with Crippen molar-refractivity contribution in [3.8, 4) is 0 Å². The molecule has 2 heterocycles. The van der Waals surface area contributed by atoms with Crippen LogP contribution in [0.5, 0.6) is 0 Å². The van der Waals surface area contributed by atoms with E-state index >= 15 is 0 Å². The standard InChI is InChI=1S/C18H20N4O3/c1-19-17(23)14-7-15(18(24)20-16-12-9-25-10-13(12)16)22(21-14)8-11-5-3-2-4-6-11/h2-7,12-13,16H,8-10H2,1H3,(H,19,23)(H,20,24). The maximum absolute atomic E-state index is 12.7. The Balaban J connectivity index is 1.57. The molecule has 1 saturated carbocycles. The Labute approximate surface area is 145 Å². The van der Waals surface area contributed by atoms with Gasteiger partial charge in [-0.3, -0.25) is 14.3 Å². The number of fused-ring (bicyclic) bond motifs is 1. The van der Waals surface area contributed by atoms with Gasteiger partial charge in [-0.2, -0.15) is 5.10 Å². The van der Waals surface area contributed by atoms with E-state index < -0.39 is 0 Å². The van der Waals surface area contributed by atoms with Crippen LogP contribution in [0.3, 0.4) is 0 Å². The van der Waals surface area contributed by atoms with E-state index in [1.54, 1.807) is 17.8 Å². The number of carbonyl (C=O) groups excluding carboxylic acids is 2. The first-order valence-electron chi connectivity index (χ1n) is 8.40. The van der Waals surface area contributed by atoms with E-state index in [0.717, 1.165) is 5.56 Å². The molecule has 1 aromatic heterocycles. The predicted molar refractivity (Wildman–Crippen MR) is 90.2 cm³/mol. The Morgan fingerprint density at radius 2 is 1.92 bits per heavy atom. The van der Waals surface area contributed by atoms with Crippen molar-refractivity contribution < 1.29 is 14.3 Å². The van der Waals surface area contributed by atoms with E-state index in [9.17, 15) is 9.59 Å². The lowest BCUT2D eigenvalue weighted by Gasteiger charge is -2.10. The van der Waals surface area contributed by atoms with Gasteiger partial charge in [-0.05, 0) is 5.56 Å². The Bertz CT molecular complexity index is 792. The van der Waals surface area contributed by atoms with Crippen molar-refractivity contribution in [3.05, 3.63) is 53.3 Å². The molecule has 1 aliphatic carbocycles. The molecule has 2 unspecified atom stereocenters. The van der Waals surface area contributed by atoms with Gasteiger partial charge in [-0.15, -0.1) is 0 Å². The van der Waals surface area contributed by atoms with Crippen molar-refractivity contribution in [2.75, 3.05) is 20.3 Å². The zero-order chi connectivity index (χ0) is 17.4. The van der Waals surface area contributed by atoms with Crippen molar-refractivity contribution >= 4 is 11.8 Å². The van der Waals surface area contributed by atoms with Crippen molar-refractivity contribution in [3.63, 3.8) is 0 Å². The zero-order valence-corrected chi connectivity index (χ0v) is 13.9. The number of carbonyl (C=O) groups is 2. The quantitative estimate of drug-likeness (QED) is 0.838. The SMILES string of the molecule is CNC(=O)c1cc(C(=O)NC2C3COCC32)n(Cc2ccccc2)n1. The van der Waals surface area contributed by atoms with Crippen molar-refractivity contribution in [2.45, 2.75) is 12.6 Å². The van der Waals surface area contributed by atoms with E-state index in [2.05, 4.69) is 15.7 Å². The van der Waals surface area contributed by atoms with Gasteiger partial charge in [-0.1, -0.05) is 30.3 Å². The predicted octanol–water partition coefficient (Wildman–Crippen LogP) is 0.666. The topological polar surface area (TPSA) is 85.3 Å². The molecule has 0 bridgehead atoms. The van der Waals surface area contributed by atoms with Crippen LogP contribution in [0, 0.1) is 11.8 Å². The van der Waals surface area contributed by atoms with Crippen LogP contribution >= 0.6 is 0 Å². The lowest BCUT2D eigenvalue weighted by atomic mass is 10.2. The normalized spacial score (nSPS) is 23.8. The highest BCUT2D eigenvalue weighted by molar-refractivity contribution is 5.98. The summed E-state index contributed by atoms with van der Waals surface area (Å²) in [7, 11) is 1.55. The number of aromatic nitrogens is 2. The number of amides is 2. The fraction of sp³-hybridized carbons (Fsp3) is 0.389. The summed E-state index contributed by atoms with van der Waals surface area (Å²) < 4.78 is 6.94. The Kier molecular flexibility index (Phi) is 4.01. The number of hydrogen-bond donors (Lipinski definition) is 2. The monoisotopic (exact) mass is 340 g/mol. The molecule has 2 atom stereocenters. The average Bonchev–Trinajstić information content (AvgIpc) is 3.00. The van der Waals surface area contributed by atoms with Gasteiger partial charge < -0.3 is 15.4 Å². The van der Waals surface area contributed by atoms with Crippen LogP contribution in [0.4, 0.5) is 0 Å². The van der Waals surface area contributed by atoms with E-state index in [-0.39, 0.29) is 23.6 Å². The third-order valence-corrected chi connectivity index (χ3v) is 4.90. The van der Waals surface area contributed by atoms with Gasteiger partial charge in [0.2, 0.25) is 0 Å². The third-order valence-electron chi connectivity index (χ3n) is 4.90. The summed E-state index contributed by atoms with van der Waals surface area (Å²) in [6, 6.07) is 11.4. The maximum Gasteiger partial charge on any atom is 0.271 e. The molecule has 2 amide bonds. The largest absolute Gasteiger partial charge is 0.381 e. The van der Waals surface area contributed by atoms with Gasteiger partial charge in [0.25, 0.3) is 11.8 Å². The molecule has 7 heteroatoms.